The molecule has 0 aliphatic rings. The average molecular weight is 260 g/mol. The third kappa shape index (κ3) is 4.44. The first kappa shape index (κ1) is 14.0. The summed E-state index contributed by atoms with van der Waals surface area (Å²) < 4.78 is 0.840. The van der Waals surface area contributed by atoms with Gasteiger partial charge in [0.2, 0.25) is 0 Å². The van der Waals surface area contributed by atoms with E-state index >= 15 is 0 Å². The van der Waals surface area contributed by atoms with Crippen LogP contribution in [-0.2, 0) is 0 Å². The van der Waals surface area contributed by atoms with Crippen LogP contribution in [0.3, 0.4) is 0 Å². The number of hydrogen-bond donors (Lipinski definition) is 1. The fourth-order valence-corrected chi connectivity index (χ4v) is 3.06. The Morgan fingerprint density at radius 2 is 2.12 bits per heavy atom. The number of hydrogen-bond acceptors (Lipinski definition) is 2. The van der Waals surface area contributed by atoms with E-state index in [1.54, 1.807) is 11.3 Å². The van der Waals surface area contributed by atoms with Crippen molar-refractivity contribution < 1.29 is 0 Å². The number of thiophene rings is 1. The molecule has 1 aromatic rings. The van der Waals surface area contributed by atoms with Gasteiger partial charge in [0.15, 0.2) is 0 Å². The molecule has 1 aromatic heterocycles. The first-order chi connectivity index (χ1) is 7.67. The zero-order valence-corrected chi connectivity index (χ0v) is 11.8. The number of halogens is 1. The molecule has 0 aliphatic carbocycles. The molecule has 0 amide bonds. The minimum absolute atomic E-state index is 0.166. The molecule has 0 bridgehead atoms. The van der Waals surface area contributed by atoms with Crippen LogP contribution >= 0.6 is 22.9 Å². The van der Waals surface area contributed by atoms with Gasteiger partial charge in [-0.25, -0.2) is 0 Å². The highest BCUT2D eigenvalue weighted by molar-refractivity contribution is 7.16. The van der Waals surface area contributed by atoms with Crippen LogP contribution in [0, 0.1) is 5.92 Å². The Morgan fingerprint density at radius 1 is 1.38 bits per heavy atom. The zero-order valence-electron chi connectivity index (χ0n) is 10.2. The molecule has 0 aromatic carbocycles. The predicted molar refractivity (Wildman–Crippen MR) is 74.2 cm³/mol. The summed E-state index contributed by atoms with van der Waals surface area (Å²) in [6, 6.07) is 4.16. The van der Waals surface area contributed by atoms with Gasteiger partial charge in [0.05, 0.1) is 4.34 Å². The van der Waals surface area contributed by atoms with Gasteiger partial charge in [0.25, 0.3) is 0 Å². The quantitative estimate of drug-likeness (QED) is 0.732. The molecule has 2 atom stereocenters. The number of nitrogens with two attached hydrogens (primary N) is 1. The minimum atomic E-state index is 0.166. The van der Waals surface area contributed by atoms with E-state index in [-0.39, 0.29) is 6.04 Å². The summed E-state index contributed by atoms with van der Waals surface area (Å²) in [5.74, 6) is 0.760. The molecule has 92 valence electrons. The van der Waals surface area contributed by atoms with E-state index in [1.165, 1.54) is 30.6 Å². The van der Waals surface area contributed by atoms with Crippen LogP contribution in [0.4, 0.5) is 0 Å². The van der Waals surface area contributed by atoms with E-state index in [2.05, 4.69) is 19.9 Å². The summed E-state index contributed by atoms with van der Waals surface area (Å²) >= 11 is 7.53. The molecule has 16 heavy (non-hydrogen) atoms. The van der Waals surface area contributed by atoms with E-state index < -0.39 is 0 Å². The highest BCUT2D eigenvalue weighted by Crippen LogP contribution is 2.31. The van der Waals surface area contributed by atoms with Crippen molar-refractivity contribution in [1.29, 1.82) is 0 Å². The topological polar surface area (TPSA) is 26.0 Å². The van der Waals surface area contributed by atoms with E-state index in [4.69, 9.17) is 17.3 Å². The van der Waals surface area contributed by atoms with Crippen molar-refractivity contribution in [1.82, 2.24) is 0 Å². The Bertz CT molecular complexity index is 298. The molecular formula is C13H22ClNS. The first-order valence-corrected chi connectivity index (χ1v) is 7.37. The lowest BCUT2D eigenvalue weighted by Crippen LogP contribution is -2.14. The summed E-state index contributed by atoms with van der Waals surface area (Å²) in [5, 5.41) is 0. The van der Waals surface area contributed by atoms with Gasteiger partial charge in [-0.2, -0.15) is 0 Å². The number of unbranched alkanes of at least 4 members (excludes halogenated alkanes) is 1. The lowest BCUT2D eigenvalue weighted by molar-refractivity contribution is 0.390. The molecule has 0 spiro atoms. The maximum atomic E-state index is 6.21. The minimum Gasteiger partial charge on any atom is -0.323 e. The smallest absolute Gasteiger partial charge is 0.0931 e. The van der Waals surface area contributed by atoms with Crippen molar-refractivity contribution in [3.63, 3.8) is 0 Å². The van der Waals surface area contributed by atoms with E-state index in [0.717, 1.165) is 16.7 Å². The molecule has 0 radical (unpaired) electrons. The average Bonchev–Trinajstić information content (AvgIpc) is 2.70. The first-order valence-electron chi connectivity index (χ1n) is 6.18. The Labute approximate surface area is 108 Å². The molecule has 1 heterocycles. The SMILES string of the molecule is CCCCC(CC)CC(N)c1ccc(Cl)s1. The Balaban J connectivity index is 2.45. The van der Waals surface area contributed by atoms with Crippen LogP contribution in [0.5, 0.6) is 0 Å². The molecule has 1 rings (SSSR count). The van der Waals surface area contributed by atoms with Crippen molar-refractivity contribution in [2.24, 2.45) is 11.7 Å². The van der Waals surface area contributed by atoms with Gasteiger partial charge in [-0.1, -0.05) is 51.1 Å². The monoisotopic (exact) mass is 259 g/mol. The molecule has 0 aliphatic heterocycles. The molecule has 0 fully saturated rings. The second-order valence-electron chi connectivity index (χ2n) is 4.40. The van der Waals surface area contributed by atoms with Crippen molar-refractivity contribution in [2.45, 2.75) is 52.0 Å². The lowest BCUT2D eigenvalue weighted by atomic mass is 9.92. The van der Waals surface area contributed by atoms with Gasteiger partial charge >= 0.3 is 0 Å². The highest BCUT2D eigenvalue weighted by atomic mass is 35.5. The van der Waals surface area contributed by atoms with Crippen LogP contribution in [-0.4, -0.2) is 0 Å². The summed E-state index contributed by atoms with van der Waals surface area (Å²) in [4.78, 5) is 1.22. The summed E-state index contributed by atoms with van der Waals surface area (Å²) in [5.41, 5.74) is 6.21. The second kappa shape index (κ2) is 7.31. The fourth-order valence-electron chi connectivity index (χ4n) is 1.98. The van der Waals surface area contributed by atoms with Gasteiger partial charge in [0, 0.05) is 10.9 Å². The van der Waals surface area contributed by atoms with Crippen molar-refractivity contribution in [3.8, 4) is 0 Å². The van der Waals surface area contributed by atoms with Crippen LogP contribution in [0.1, 0.15) is 56.9 Å². The van der Waals surface area contributed by atoms with Crippen molar-refractivity contribution >= 4 is 22.9 Å². The van der Waals surface area contributed by atoms with Gasteiger partial charge in [-0.05, 0) is 24.5 Å². The summed E-state index contributed by atoms with van der Waals surface area (Å²) in [6.45, 7) is 4.50. The summed E-state index contributed by atoms with van der Waals surface area (Å²) in [7, 11) is 0. The third-order valence-electron chi connectivity index (χ3n) is 3.09. The maximum Gasteiger partial charge on any atom is 0.0931 e. The van der Waals surface area contributed by atoms with Crippen LogP contribution in [0.15, 0.2) is 12.1 Å². The van der Waals surface area contributed by atoms with Gasteiger partial charge in [-0.3, -0.25) is 0 Å². The van der Waals surface area contributed by atoms with Gasteiger partial charge in [-0.15, -0.1) is 11.3 Å². The van der Waals surface area contributed by atoms with E-state index in [1.807, 2.05) is 6.07 Å². The Hall–Kier alpha value is -0.0500. The molecule has 0 saturated carbocycles. The van der Waals surface area contributed by atoms with Crippen LogP contribution in [0.25, 0.3) is 0 Å². The van der Waals surface area contributed by atoms with E-state index in [9.17, 15) is 0 Å². The van der Waals surface area contributed by atoms with Crippen LogP contribution in [0.2, 0.25) is 4.34 Å². The summed E-state index contributed by atoms with van der Waals surface area (Å²) in [6.07, 6.45) is 6.22. The Kier molecular flexibility index (Phi) is 6.40. The fraction of sp³-hybridized carbons (Fsp3) is 0.692. The van der Waals surface area contributed by atoms with E-state index in [0.29, 0.717) is 0 Å². The van der Waals surface area contributed by atoms with Crippen molar-refractivity contribution in [3.05, 3.63) is 21.3 Å². The van der Waals surface area contributed by atoms with Crippen LogP contribution < -0.4 is 5.73 Å². The second-order valence-corrected chi connectivity index (χ2v) is 6.15. The molecule has 2 N–H and O–H groups in total. The molecule has 0 saturated heterocycles. The molecule has 1 nitrogen and oxygen atoms in total. The molecule has 2 unspecified atom stereocenters. The van der Waals surface area contributed by atoms with Gasteiger partial charge in [0.1, 0.15) is 0 Å². The Morgan fingerprint density at radius 3 is 2.62 bits per heavy atom. The van der Waals surface area contributed by atoms with Crippen molar-refractivity contribution in [2.75, 3.05) is 0 Å². The zero-order chi connectivity index (χ0) is 12.0. The standard InChI is InChI=1S/C13H22ClNS/c1-3-5-6-10(4-2)9-11(15)12-7-8-13(14)16-12/h7-8,10-11H,3-6,9,15H2,1-2H3. The molecule has 3 heteroatoms. The van der Waals surface area contributed by atoms with Gasteiger partial charge < -0.3 is 5.73 Å². The number of rotatable bonds is 7. The highest BCUT2D eigenvalue weighted by Gasteiger charge is 2.14. The molecular weight excluding hydrogens is 238 g/mol. The third-order valence-corrected chi connectivity index (χ3v) is 4.45. The predicted octanol–water partition coefficient (Wildman–Crippen LogP) is 5.01. The maximum absolute atomic E-state index is 6.21. The normalized spacial score (nSPS) is 15.0. The lowest BCUT2D eigenvalue weighted by Gasteiger charge is -2.18. The largest absolute Gasteiger partial charge is 0.323 e.